The predicted molar refractivity (Wildman–Crippen MR) is 107 cm³/mol. The minimum Gasteiger partial charge on any atom is -0.355 e. The molecule has 3 N–H and O–H groups in total. The van der Waals surface area contributed by atoms with Crippen LogP contribution in [0.1, 0.15) is 27.7 Å². The number of hydrogen-bond acceptors (Lipinski definition) is 4. The van der Waals surface area contributed by atoms with E-state index < -0.39 is 0 Å². The third-order valence-electron chi connectivity index (χ3n) is 3.78. The summed E-state index contributed by atoms with van der Waals surface area (Å²) in [6.45, 7) is 11.3. The molecule has 140 valence electrons. The van der Waals surface area contributed by atoms with Gasteiger partial charge in [0.15, 0.2) is 5.96 Å². The van der Waals surface area contributed by atoms with Gasteiger partial charge >= 0.3 is 6.03 Å². The van der Waals surface area contributed by atoms with E-state index in [1.54, 1.807) is 7.05 Å². The smallest absolute Gasteiger partial charge is 0.324 e. The molecule has 8 nitrogen and oxygen atoms in total. The summed E-state index contributed by atoms with van der Waals surface area (Å²) in [6, 6.07) is 0.655. The Balaban J connectivity index is 0.00000529. The molecule has 0 aliphatic carbocycles. The topological polar surface area (TPSA) is 89.1 Å². The lowest BCUT2D eigenvalue weighted by Gasteiger charge is -2.30. The average Bonchev–Trinajstić information content (AvgIpc) is 2.80. The molecule has 0 spiro atoms. The molecule has 0 aromatic carbocycles. The molecule has 1 rings (SSSR count). The van der Waals surface area contributed by atoms with Crippen molar-refractivity contribution >= 4 is 41.9 Å². The number of imide groups is 1. The number of aliphatic imine (C=N–C) groups is 1. The molecule has 1 fully saturated rings. The fraction of sp³-hybridized carbons (Fsp3) is 0.800. The predicted octanol–water partition coefficient (Wildman–Crippen LogP) is 0.440. The van der Waals surface area contributed by atoms with Crippen molar-refractivity contribution in [1.29, 1.82) is 0 Å². The Morgan fingerprint density at radius 2 is 1.79 bits per heavy atom. The van der Waals surface area contributed by atoms with Crippen molar-refractivity contribution in [1.82, 2.24) is 25.8 Å². The maximum atomic E-state index is 11.5. The normalized spacial score (nSPS) is 15.2. The second-order valence-electron chi connectivity index (χ2n) is 6.06. The van der Waals surface area contributed by atoms with E-state index in [1.807, 2.05) is 0 Å². The molecule has 0 unspecified atom stereocenters. The molecular formula is C15H31IN6O2. The van der Waals surface area contributed by atoms with Crippen molar-refractivity contribution in [2.75, 3.05) is 39.8 Å². The molecule has 0 bridgehead atoms. The van der Waals surface area contributed by atoms with Crippen LogP contribution in [0.2, 0.25) is 0 Å². The van der Waals surface area contributed by atoms with E-state index in [1.165, 1.54) is 4.90 Å². The fourth-order valence-corrected chi connectivity index (χ4v) is 2.60. The first-order valence-corrected chi connectivity index (χ1v) is 8.15. The Kier molecular flexibility index (Phi) is 10.9. The Labute approximate surface area is 161 Å². The van der Waals surface area contributed by atoms with Crippen LogP contribution in [0.15, 0.2) is 4.99 Å². The standard InChI is InChI=1S/C15H30N6O2.HI/c1-11(2)20(12(3)4)8-6-17-14(16-5)18-7-9-21-13(22)10-19-15(21)23;/h11-12H,6-10H2,1-5H3,(H,19,23)(H2,16,17,18);1H. The fourth-order valence-electron chi connectivity index (χ4n) is 2.60. The van der Waals surface area contributed by atoms with Gasteiger partial charge in [0.1, 0.15) is 0 Å². The highest BCUT2D eigenvalue weighted by molar-refractivity contribution is 14.0. The number of carbonyl (C=O) groups is 2. The van der Waals surface area contributed by atoms with E-state index in [4.69, 9.17) is 0 Å². The molecule has 24 heavy (non-hydrogen) atoms. The van der Waals surface area contributed by atoms with Gasteiger partial charge in [-0.05, 0) is 27.7 Å². The summed E-state index contributed by atoms with van der Waals surface area (Å²) in [5, 5.41) is 8.86. The molecule has 0 aromatic heterocycles. The van der Waals surface area contributed by atoms with Gasteiger partial charge in [-0.3, -0.25) is 19.6 Å². The summed E-state index contributed by atoms with van der Waals surface area (Å²) < 4.78 is 0. The van der Waals surface area contributed by atoms with Crippen LogP contribution in [-0.4, -0.2) is 79.6 Å². The Hall–Kier alpha value is -1.10. The average molecular weight is 454 g/mol. The zero-order chi connectivity index (χ0) is 17.4. The largest absolute Gasteiger partial charge is 0.355 e. The van der Waals surface area contributed by atoms with Crippen LogP contribution in [0.5, 0.6) is 0 Å². The minimum atomic E-state index is -0.329. The van der Waals surface area contributed by atoms with Crippen molar-refractivity contribution in [2.45, 2.75) is 39.8 Å². The number of nitrogens with one attached hydrogen (secondary N) is 3. The van der Waals surface area contributed by atoms with E-state index in [-0.39, 0.29) is 42.5 Å². The molecule has 1 aliphatic heterocycles. The number of hydrogen-bond donors (Lipinski definition) is 3. The highest BCUT2D eigenvalue weighted by atomic mass is 127. The van der Waals surface area contributed by atoms with Crippen molar-refractivity contribution in [2.24, 2.45) is 4.99 Å². The number of urea groups is 1. The summed E-state index contributed by atoms with van der Waals surface area (Å²) in [7, 11) is 1.70. The highest BCUT2D eigenvalue weighted by Gasteiger charge is 2.27. The van der Waals surface area contributed by atoms with Gasteiger partial charge in [-0.2, -0.15) is 0 Å². The van der Waals surface area contributed by atoms with E-state index in [0.29, 0.717) is 31.1 Å². The number of halogens is 1. The third kappa shape index (κ3) is 7.20. The Bertz CT molecular complexity index is 418. The van der Waals surface area contributed by atoms with E-state index >= 15 is 0 Å². The number of nitrogens with zero attached hydrogens (tertiary/aromatic N) is 3. The molecule has 3 amide bonds. The van der Waals surface area contributed by atoms with Crippen LogP contribution >= 0.6 is 24.0 Å². The lowest BCUT2D eigenvalue weighted by atomic mass is 10.2. The quantitative estimate of drug-likeness (QED) is 0.215. The number of amides is 3. The Morgan fingerprint density at radius 1 is 1.21 bits per heavy atom. The molecule has 9 heteroatoms. The number of carbonyl (C=O) groups excluding carboxylic acids is 2. The van der Waals surface area contributed by atoms with E-state index in [9.17, 15) is 9.59 Å². The third-order valence-corrected chi connectivity index (χ3v) is 3.78. The summed E-state index contributed by atoms with van der Waals surface area (Å²) in [6.07, 6.45) is 0. The number of guanidine groups is 1. The summed E-state index contributed by atoms with van der Waals surface area (Å²) in [4.78, 5) is 30.6. The first-order chi connectivity index (χ1) is 10.9. The lowest BCUT2D eigenvalue weighted by molar-refractivity contribution is -0.124. The molecule has 0 radical (unpaired) electrons. The van der Waals surface area contributed by atoms with Gasteiger partial charge < -0.3 is 16.0 Å². The first kappa shape index (κ1) is 22.9. The summed E-state index contributed by atoms with van der Waals surface area (Å²) >= 11 is 0. The van der Waals surface area contributed by atoms with Crippen LogP contribution in [0.4, 0.5) is 4.79 Å². The molecule has 1 saturated heterocycles. The SMILES string of the molecule is CN=C(NCCN1C(=O)CNC1=O)NCCN(C(C)C)C(C)C.I. The van der Waals surface area contributed by atoms with Crippen LogP contribution < -0.4 is 16.0 Å². The van der Waals surface area contributed by atoms with Gasteiger partial charge in [0.2, 0.25) is 5.91 Å². The molecular weight excluding hydrogens is 423 g/mol. The van der Waals surface area contributed by atoms with Gasteiger partial charge in [-0.15, -0.1) is 24.0 Å². The Morgan fingerprint density at radius 3 is 2.25 bits per heavy atom. The van der Waals surface area contributed by atoms with E-state index in [0.717, 1.165) is 13.1 Å². The molecule has 0 aromatic rings. The monoisotopic (exact) mass is 454 g/mol. The van der Waals surface area contributed by atoms with Gasteiger partial charge in [0.25, 0.3) is 0 Å². The minimum absolute atomic E-state index is 0. The summed E-state index contributed by atoms with van der Waals surface area (Å²) in [5.74, 6) is 0.480. The highest BCUT2D eigenvalue weighted by Crippen LogP contribution is 2.03. The number of rotatable bonds is 8. The second kappa shape index (κ2) is 11.5. The van der Waals surface area contributed by atoms with E-state index in [2.05, 4.69) is 53.5 Å². The lowest BCUT2D eigenvalue weighted by Crippen LogP contribution is -2.47. The zero-order valence-electron chi connectivity index (χ0n) is 15.3. The molecule has 1 aliphatic rings. The van der Waals surface area contributed by atoms with Crippen molar-refractivity contribution in [3.05, 3.63) is 0 Å². The molecule has 0 saturated carbocycles. The molecule has 1 heterocycles. The van der Waals surface area contributed by atoms with Crippen LogP contribution in [0.3, 0.4) is 0 Å². The first-order valence-electron chi connectivity index (χ1n) is 8.15. The van der Waals surface area contributed by atoms with Crippen molar-refractivity contribution < 1.29 is 9.59 Å². The van der Waals surface area contributed by atoms with Gasteiger partial charge in [0, 0.05) is 45.3 Å². The maximum absolute atomic E-state index is 11.5. The van der Waals surface area contributed by atoms with Gasteiger partial charge in [0.05, 0.1) is 6.54 Å². The van der Waals surface area contributed by atoms with Gasteiger partial charge in [-0.1, -0.05) is 0 Å². The van der Waals surface area contributed by atoms with Crippen LogP contribution in [0.25, 0.3) is 0 Å². The molecule has 0 atom stereocenters. The van der Waals surface area contributed by atoms with Crippen molar-refractivity contribution in [3.63, 3.8) is 0 Å². The van der Waals surface area contributed by atoms with Crippen LogP contribution in [0, 0.1) is 0 Å². The maximum Gasteiger partial charge on any atom is 0.324 e. The van der Waals surface area contributed by atoms with Crippen LogP contribution in [-0.2, 0) is 4.79 Å². The zero-order valence-corrected chi connectivity index (χ0v) is 17.6. The van der Waals surface area contributed by atoms with Crippen molar-refractivity contribution in [3.8, 4) is 0 Å². The van der Waals surface area contributed by atoms with Gasteiger partial charge in [-0.25, -0.2) is 4.79 Å². The second-order valence-corrected chi connectivity index (χ2v) is 6.06. The summed E-state index contributed by atoms with van der Waals surface area (Å²) in [5.41, 5.74) is 0.